The number of hydrogen-bond donors (Lipinski definition) is 2. The predicted octanol–water partition coefficient (Wildman–Crippen LogP) is 3.86. The first-order valence-corrected chi connectivity index (χ1v) is 11.0. The van der Waals surface area contributed by atoms with E-state index < -0.39 is 0 Å². The molecule has 0 unspecified atom stereocenters. The zero-order valence-corrected chi connectivity index (χ0v) is 18.9. The number of benzene rings is 1. The lowest BCUT2D eigenvalue weighted by molar-refractivity contribution is -0.657. The number of aromatic nitrogens is 2. The maximum Gasteiger partial charge on any atom is 0.421 e. The zero-order valence-electron chi connectivity index (χ0n) is 18.9. The van der Waals surface area contributed by atoms with Crippen molar-refractivity contribution in [1.29, 1.82) is 0 Å². The smallest absolute Gasteiger partial charge is 0.421 e. The summed E-state index contributed by atoms with van der Waals surface area (Å²) in [6.07, 6.45) is 9.70. The summed E-state index contributed by atoms with van der Waals surface area (Å²) >= 11 is 0. The van der Waals surface area contributed by atoms with Gasteiger partial charge in [-0.3, -0.25) is 0 Å². The van der Waals surface area contributed by atoms with Gasteiger partial charge in [0.05, 0.1) is 26.5 Å². The topological polar surface area (TPSA) is 77.2 Å². The molecule has 0 spiro atoms. The Hall–Kier alpha value is -2.12. The van der Waals surface area contributed by atoms with Crippen LogP contribution < -0.4 is 9.47 Å². The van der Waals surface area contributed by atoms with E-state index in [0.717, 1.165) is 63.0 Å². The summed E-state index contributed by atoms with van der Waals surface area (Å²) in [4.78, 5) is 2.39. The van der Waals surface area contributed by atoms with Crippen molar-refractivity contribution >= 4 is 31.2 Å². The highest BCUT2D eigenvalue weighted by atomic mass is 16.2. The molecule has 1 heterocycles. The van der Waals surface area contributed by atoms with Gasteiger partial charge in [0.1, 0.15) is 5.69 Å². The van der Waals surface area contributed by atoms with Gasteiger partial charge in [0.15, 0.2) is 0 Å². The fraction of sp³-hybridized carbons (Fsp3) is 0.571. The minimum absolute atomic E-state index is 0.236. The van der Waals surface area contributed by atoms with E-state index in [0.29, 0.717) is 0 Å². The fourth-order valence-corrected chi connectivity index (χ4v) is 3.41. The average Bonchev–Trinajstić information content (AvgIpc) is 3.03. The van der Waals surface area contributed by atoms with Crippen LogP contribution in [0.2, 0.25) is 26.3 Å². The largest absolute Gasteiger partial charge is 0.451 e. The number of rotatable bonds is 13. The van der Waals surface area contributed by atoms with E-state index in [1.165, 1.54) is 5.69 Å². The molecule has 0 aliphatic heterocycles. The summed E-state index contributed by atoms with van der Waals surface area (Å²) in [5, 5.41) is 27.7. The lowest BCUT2D eigenvalue weighted by Gasteiger charge is -2.25. The average molecular weight is 412 g/mol. The zero-order chi connectivity index (χ0) is 21.9. The van der Waals surface area contributed by atoms with Crippen molar-refractivity contribution in [2.24, 2.45) is 24.3 Å². The molecule has 0 saturated carbocycles. The van der Waals surface area contributed by atoms with Crippen molar-refractivity contribution in [3.8, 4) is 0 Å². The third kappa shape index (κ3) is 8.32. The van der Waals surface area contributed by atoms with Crippen molar-refractivity contribution in [2.45, 2.75) is 52.0 Å². The Morgan fingerprint density at radius 3 is 1.97 bits per heavy atom. The molecule has 2 aromatic rings. The molecular formula is C21H36B2N5O2+. The first kappa shape index (κ1) is 24.2. The van der Waals surface area contributed by atoms with E-state index in [1.807, 2.05) is 61.4 Å². The van der Waals surface area contributed by atoms with E-state index in [1.54, 1.807) is 0 Å². The van der Waals surface area contributed by atoms with Gasteiger partial charge in [-0.25, -0.2) is 9.13 Å². The standard InChI is InChI=1S/C21H36B2N5O2/c1-22(29)13-5-7-15-28(16-8-6-14-23(2)30)20-11-9-19(10-12-20)24-25-21-26(3)17-18-27(21)4/h9-12,17-18,29-30H,5-8,13-16H2,1-4H3/q+1. The Kier molecular flexibility index (Phi) is 10.1. The summed E-state index contributed by atoms with van der Waals surface area (Å²) in [5.41, 5.74) is 2.00. The number of imidazole rings is 1. The molecule has 0 saturated heterocycles. The molecule has 0 radical (unpaired) electrons. The first-order chi connectivity index (χ1) is 14.4. The summed E-state index contributed by atoms with van der Waals surface area (Å²) in [5.74, 6) is 0.789. The first-order valence-electron chi connectivity index (χ1n) is 11.0. The molecule has 9 heteroatoms. The monoisotopic (exact) mass is 412 g/mol. The molecule has 30 heavy (non-hydrogen) atoms. The number of aryl methyl sites for hydroxylation is 2. The molecule has 1 aromatic heterocycles. The predicted molar refractivity (Wildman–Crippen MR) is 125 cm³/mol. The van der Waals surface area contributed by atoms with E-state index in [9.17, 15) is 10.0 Å². The highest BCUT2D eigenvalue weighted by Gasteiger charge is 2.11. The molecule has 0 fully saturated rings. The molecule has 2 N–H and O–H groups in total. The van der Waals surface area contributed by atoms with E-state index >= 15 is 0 Å². The van der Waals surface area contributed by atoms with Crippen LogP contribution in [0.1, 0.15) is 25.7 Å². The summed E-state index contributed by atoms with van der Waals surface area (Å²) in [6, 6.07) is 8.20. The molecule has 2 rings (SSSR count). The van der Waals surface area contributed by atoms with Crippen LogP contribution in [0.5, 0.6) is 0 Å². The Bertz CT molecular complexity index is 743. The highest BCUT2D eigenvalue weighted by Crippen LogP contribution is 2.22. The van der Waals surface area contributed by atoms with Crippen LogP contribution in [-0.2, 0) is 14.1 Å². The SMILES string of the molecule is CB(O)CCCCN(CCCCB(C)O)c1ccc(N=Nc2n(C)cc[n+]2C)cc1. The Labute approximate surface area is 181 Å². The lowest BCUT2D eigenvalue weighted by atomic mass is 9.67. The summed E-state index contributed by atoms with van der Waals surface area (Å²) in [6.45, 7) is 5.14. The van der Waals surface area contributed by atoms with Gasteiger partial charge < -0.3 is 14.9 Å². The number of azo groups is 1. The summed E-state index contributed by atoms with van der Waals surface area (Å²) < 4.78 is 3.86. The molecule has 0 bridgehead atoms. The number of nitrogens with zero attached hydrogens (tertiary/aromatic N) is 5. The molecule has 162 valence electrons. The van der Waals surface area contributed by atoms with E-state index in [-0.39, 0.29) is 13.8 Å². The van der Waals surface area contributed by atoms with Crippen LogP contribution in [0.3, 0.4) is 0 Å². The van der Waals surface area contributed by atoms with Crippen LogP contribution in [-0.4, -0.2) is 41.5 Å². The molecule has 7 nitrogen and oxygen atoms in total. The van der Waals surface area contributed by atoms with Gasteiger partial charge in [-0.05, 0) is 49.7 Å². The van der Waals surface area contributed by atoms with Crippen LogP contribution in [0.25, 0.3) is 0 Å². The van der Waals surface area contributed by atoms with Gasteiger partial charge in [-0.2, -0.15) is 0 Å². The number of anilines is 1. The number of hydrogen-bond acceptors (Lipinski definition) is 5. The highest BCUT2D eigenvalue weighted by molar-refractivity contribution is 6.48. The molecule has 1 aromatic carbocycles. The van der Waals surface area contributed by atoms with Gasteiger partial charge in [0, 0.05) is 23.9 Å². The van der Waals surface area contributed by atoms with Gasteiger partial charge in [0.25, 0.3) is 13.8 Å². The summed E-state index contributed by atoms with van der Waals surface area (Å²) in [7, 11) is 3.90. The van der Waals surface area contributed by atoms with Crippen molar-refractivity contribution < 1.29 is 14.6 Å². The molecule has 0 amide bonds. The third-order valence-electron chi connectivity index (χ3n) is 5.21. The van der Waals surface area contributed by atoms with Crippen molar-refractivity contribution in [1.82, 2.24) is 4.57 Å². The minimum Gasteiger partial charge on any atom is -0.451 e. The molecular weight excluding hydrogens is 376 g/mol. The second kappa shape index (κ2) is 12.5. The molecule has 0 aliphatic carbocycles. The van der Waals surface area contributed by atoms with Gasteiger partial charge in [-0.1, -0.05) is 31.6 Å². The minimum atomic E-state index is -0.236. The van der Waals surface area contributed by atoms with Crippen molar-refractivity contribution in [3.05, 3.63) is 36.7 Å². The fourth-order valence-electron chi connectivity index (χ4n) is 3.41. The van der Waals surface area contributed by atoms with Crippen LogP contribution in [0.4, 0.5) is 17.3 Å². The maximum atomic E-state index is 9.48. The number of unbranched alkanes of at least 4 members (excludes halogenated alkanes) is 2. The molecule has 0 atom stereocenters. The normalized spacial score (nSPS) is 11.3. The van der Waals surface area contributed by atoms with Crippen LogP contribution in [0, 0.1) is 0 Å². The third-order valence-corrected chi connectivity index (χ3v) is 5.21. The maximum absolute atomic E-state index is 9.48. The quantitative estimate of drug-likeness (QED) is 0.227. The van der Waals surface area contributed by atoms with Crippen LogP contribution in [0.15, 0.2) is 46.9 Å². The second-order valence-electron chi connectivity index (χ2n) is 8.21. The van der Waals surface area contributed by atoms with Crippen LogP contribution >= 0.6 is 0 Å². The van der Waals surface area contributed by atoms with E-state index in [2.05, 4.69) is 27.3 Å². The van der Waals surface area contributed by atoms with Gasteiger partial charge in [-0.15, -0.1) is 0 Å². The van der Waals surface area contributed by atoms with Gasteiger partial charge in [0.2, 0.25) is 0 Å². The Balaban J connectivity index is 1.99. The van der Waals surface area contributed by atoms with E-state index in [4.69, 9.17) is 0 Å². The van der Waals surface area contributed by atoms with Crippen molar-refractivity contribution in [3.63, 3.8) is 0 Å². The molecule has 0 aliphatic rings. The lowest BCUT2D eigenvalue weighted by Crippen LogP contribution is -2.26. The Morgan fingerprint density at radius 2 is 1.50 bits per heavy atom. The van der Waals surface area contributed by atoms with Crippen molar-refractivity contribution in [2.75, 3.05) is 18.0 Å². The van der Waals surface area contributed by atoms with Gasteiger partial charge >= 0.3 is 5.95 Å². The second-order valence-corrected chi connectivity index (χ2v) is 8.21. The Morgan fingerprint density at radius 1 is 0.933 bits per heavy atom.